The molecule has 0 aromatic heterocycles. The highest BCUT2D eigenvalue weighted by Crippen LogP contribution is 2.24. The van der Waals surface area contributed by atoms with Crippen LogP contribution in [0.3, 0.4) is 0 Å². The van der Waals surface area contributed by atoms with Gasteiger partial charge in [0, 0.05) is 29.6 Å². The van der Waals surface area contributed by atoms with E-state index in [0.717, 1.165) is 36.9 Å². The molecule has 4 nitrogen and oxygen atoms in total. The Morgan fingerprint density at radius 3 is 2.57 bits per heavy atom. The van der Waals surface area contributed by atoms with Gasteiger partial charge in [-0.1, -0.05) is 28.1 Å². The van der Waals surface area contributed by atoms with Crippen LogP contribution in [0.5, 0.6) is 0 Å². The van der Waals surface area contributed by atoms with Crippen molar-refractivity contribution in [3.63, 3.8) is 0 Å². The van der Waals surface area contributed by atoms with Crippen LogP contribution in [0, 0.1) is 0 Å². The summed E-state index contributed by atoms with van der Waals surface area (Å²) >= 11 is 3.50. The number of amides is 1. The molecular formula is C18H27BrN2O2. The average molecular weight is 383 g/mol. The fourth-order valence-corrected chi connectivity index (χ4v) is 3.10. The van der Waals surface area contributed by atoms with E-state index < -0.39 is 5.60 Å². The van der Waals surface area contributed by atoms with Crippen LogP contribution >= 0.6 is 15.9 Å². The van der Waals surface area contributed by atoms with Crippen LogP contribution in [0.15, 0.2) is 28.7 Å². The van der Waals surface area contributed by atoms with Crippen molar-refractivity contribution in [3.8, 4) is 0 Å². The number of piperidine rings is 1. The second-order valence-electron chi connectivity index (χ2n) is 7.51. The van der Waals surface area contributed by atoms with E-state index in [2.05, 4.69) is 46.4 Å². The molecule has 0 bridgehead atoms. The van der Waals surface area contributed by atoms with Gasteiger partial charge in [-0.2, -0.15) is 0 Å². The number of hydrogen-bond donors (Lipinski definition) is 1. The van der Waals surface area contributed by atoms with Gasteiger partial charge in [-0.3, -0.25) is 0 Å². The number of benzene rings is 1. The van der Waals surface area contributed by atoms with Gasteiger partial charge < -0.3 is 15.0 Å². The van der Waals surface area contributed by atoms with Gasteiger partial charge in [-0.15, -0.1) is 0 Å². The third-order valence-electron chi connectivity index (χ3n) is 4.13. The average Bonchev–Trinajstić information content (AvgIpc) is 2.44. The summed E-state index contributed by atoms with van der Waals surface area (Å²) in [5.74, 6) is 0. The van der Waals surface area contributed by atoms with Gasteiger partial charge in [-0.25, -0.2) is 4.79 Å². The minimum absolute atomic E-state index is 0.0564. The standard InChI is InChI=1S/C18H27BrN2O2/c1-17(2,3)23-16(22)21-10-8-18(4,9-11-21)20-13-14-6-5-7-15(19)12-14/h5-7,12,20H,8-11,13H2,1-4H3. The summed E-state index contributed by atoms with van der Waals surface area (Å²) in [6.07, 6.45) is 1.66. The lowest BCUT2D eigenvalue weighted by atomic mass is 9.89. The zero-order valence-corrected chi connectivity index (χ0v) is 16.1. The third-order valence-corrected chi connectivity index (χ3v) is 4.62. The van der Waals surface area contributed by atoms with Crippen LogP contribution in [0.1, 0.15) is 46.1 Å². The molecule has 0 radical (unpaired) electrons. The van der Waals surface area contributed by atoms with E-state index in [-0.39, 0.29) is 11.6 Å². The predicted octanol–water partition coefficient (Wildman–Crippen LogP) is 4.33. The fourth-order valence-electron chi connectivity index (χ4n) is 2.65. The highest BCUT2D eigenvalue weighted by atomic mass is 79.9. The van der Waals surface area contributed by atoms with E-state index in [1.165, 1.54) is 5.56 Å². The lowest BCUT2D eigenvalue weighted by molar-refractivity contribution is 0.0157. The van der Waals surface area contributed by atoms with E-state index in [1.54, 1.807) is 0 Å². The van der Waals surface area contributed by atoms with Crippen molar-refractivity contribution in [1.82, 2.24) is 10.2 Å². The lowest BCUT2D eigenvalue weighted by Gasteiger charge is -2.40. The molecule has 23 heavy (non-hydrogen) atoms. The summed E-state index contributed by atoms with van der Waals surface area (Å²) in [5, 5.41) is 3.65. The van der Waals surface area contributed by atoms with Crippen molar-refractivity contribution in [2.75, 3.05) is 13.1 Å². The molecule has 0 unspecified atom stereocenters. The first-order chi connectivity index (χ1) is 10.7. The smallest absolute Gasteiger partial charge is 0.410 e. The normalized spacial score (nSPS) is 17.9. The van der Waals surface area contributed by atoms with Gasteiger partial charge in [0.1, 0.15) is 5.60 Å². The Labute approximate surface area is 147 Å². The first kappa shape index (κ1) is 18.3. The summed E-state index contributed by atoms with van der Waals surface area (Å²) in [7, 11) is 0. The van der Waals surface area contributed by atoms with E-state index in [4.69, 9.17) is 4.74 Å². The molecule has 0 saturated carbocycles. The highest BCUT2D eigenvalue weighted by Gasteiger charge is 2.33. The summed E-state index contributed by atoms with van der Waals surface area (Å²) < 4.78 is 6.55. The molecular weight excluding hydrogens is 356 g/mol. The Balaban J connectivity index is 1.83. The number of nitrogens with zero attached hydrogens (tertiary/aromatic N) is 1. The molecule has 0 spiro atoms. The Morgan fingerprint density at radius 2 is 2.00 bits per heavy atom. The third kappa shape index (κ3) is 5.81. The SMILES string of the molecule is CC1(NCc2cccc(Br)c2)CCN(C(=O)OC(C)(C)C)CC1. The van der Waals surface area contributed by atoms with Gasteiger partial charge in [0.05, 0.1) is 0 Å². The molecule has 1 heterocycles. The Kier molecular flexibility index (Phi) is 5.74. The van der Waals surface area contributed by atoms with Crippen LogP contribution in [0.4, 0.5) is 4.79 Å². The molecule has 1 aliphatic heterocycles. The maximum atomic E-state index is 12.1. The molecule has 1 N–H and O–H groups in total. The van der Waals surface area contributed by atoms with Crippen LogP contribution in [0.2, 0.25) is 0 Å². The minimum atomic E-state index is -0.434. The monoisotopic (exact) mass is 382 g/mol. The largest absolute Gasteiger partial charge is 0.444 e. The zero-order chi connectivity index (χ0) is 17.1. The van der Waals surface area contributed by atoms with Gasteiger partial charge in [0.25, 0.3) is 0 Å². The molecule has 5 heteroatoms. The summed E-state index contributed by atoms with van der Waals surface area (Å²) in [4.78, 5) is 13.9. The van der Waals surface area contributed by atoms with Crippen molar-refractivity contribution in [2.45, 2.75) is 58.2 Å². The van der Waals surface area contributed by atoms with E-state index in [9.17, 15) is 4.79 Å². The summed E-state index contributed by atoms with van der Waals surface area (Å²) in [6.45, 7) is 10.2. The Hall–Kier alpha value is -1.07. The summed E-state index contributed by atoms with van der Waals surface area (Å²) in [6, 6.07) is 8.34. The fraction of sp³-hybridized carbons (Fsp3) is 0.611. The maximum Gasteiger partial charge on any atom is 0.410 e. The van der Waals surface area contributed by atoms with Crippen LogP contribution in [-0.2, 0) is 11.3 Å². The van der Waals surface area contributed by atoms with E-state index in [1.807, 2.05) is 31.7 Å². The molecule has 128 valence electrons. The van der Waals surface area contributed by atoms with Crippen LogP contribution in [0.25, 0.3) is 0 Å². The maximum absolute atomic E-state index is 12.1. The number of hydrogen-bond acceptors (Lipinski definition) is 3. The lowest BCUT2D eigenvalue weighted by Crippen LogP contribution is -2.53. The molecule has 1 aromatic rings. The van der Waals surface area contributed by atoms with E-state index >= 15 is 0 Å². The number of ether oxygens (including phenoxy) is 1. The molecule has 1 aliphatic rings. The number of likely N-dealkylation sites (tertiary alicyclic amines) is 1. The number of nitrogens with one attached hydrogen (secondary N) is 1. The molecule has 0 aliphatic carbocycles. The Morgan fingerprint density at radius 1 is 1.35 bits per heavy atom. The Bertz CT molecular complexity index is 546. The van der Waals surface area contributed by atoms with Gasteiger partial charge >= 0.3 is 6.09 Å². The number of halogens is 1. The number of carbonyl (C=O) groups is 1. The molecule has 1 aromatic carbocycles. The topological polar surface area (TPSA) is 41.6 Å². The second-order valence-corrected chi connectivity index (χ2v) is 8.43. The van der Waals surface area contributed by atoms with Crippen molar-refractivity contribution in [1.29, 1.82) is 0 Å². The molecule has 1 saturated heterocycles. The van der Waals surface area contributed by atoms with Gasteiger partial charge in [-0.05, 0) is 58.2 Å². The number of rotatable bonds is 3. The molecule has 1 amide bonds. The highest BCUT2D eigenvalue weighted by molar-refractivity contribution is 9.10. The van der Waals surface area contributed by atoms with Crippen molar-refractivity contribution in [2.24, 2.45) is 0 Å². The molecule has 0 atom stereocenters. The van der Waals surface area contributed by atoms with Gasteiger partial charge in [0.15, 0.2) is 0 Å². The zero-order valence-electron chi connectivity index (χ0n) is 14.5. The minimum Gasteiger partial charge on any atom is -0.444 e. The summed E-state index contributed by atoms with van der Waals surface area (Å²) in [5.41, 5.74) is 0.882. The van der Waals surface area contributed by atoms with Crippen molar-refractivity contribution >= 4 is 22.0 Å². The first-order valence-corrected chi connectivity index (χ1v) is 8.94. The molecule has 1 fully saturated rings. The van der Waals surface area contributed by atoms with Crippen LogP contribution < -0.4 is 5.32 Å². The first-order valence-electron chi connectivity index (χ1n) is 8.14. The van der Waals surface area contributed by atoms with Crippen molar-refractivity contribution < 1.29 is 9.53 Å². The quantitative estimate of drug-likeness (QED) is 0.845. The van der Waals surface area contributed by atoms with E-state index in [0.29, 0.717) is 0 Å². The van der Waals surface area contributed by atoms with Crippen molar-refractivity contribution in [3.05, 3.63) is 34.3 Å². The molecule has 2 rings (SSSR count). The van der Waals surface area contributed by atoms with Gasteiger partial charge in [0.2, 0.25) is 0 Å². The number of carbonyl (C=O) groups excluding carboxylic acids is 1. The van der Waals surface area contributed by atoms with Crippen LogP contribution in [-0.4, -0.2) is 35.2 Å². The second kappa shape index (κ2) is 7.22. The predicted molar refractivity (Wildman–Crippen MR) is 96.4 cm³/mol.